The molecule has 1 aromatic heterocycles. The second-order valence-electron chi connectivity index (χ2n) is 5.20. The van der Waals surface area contributed by atoms with Gasteiger partial charge in [-0.3, -0.25) is 4.98 Å². The Morgan fingerprint density at radius 2 is 1.28 bits per heavy atom. The summed E-state index contributed by atoms with van der Waals surface area (Å²) >= 11 is 0. The van der Waals surface area contributed by atoms with Gasteiger partial charge in [0.1, 0.15) is 0 Å². The second-order valence-corrected chi connectivity index (χ2v) is 5.20. The summed E-state index contributed by atoms with van der Waals surface area (Å²) in [4.78, 5) is 4.07. The largest absolute Gasteiger partial charge is 0.265 e. The Labute approximate surface area is 110 Å². The van der Waals surface area contributed by atoms with Crippen molar-refractivity contribution in [3.63, 3.8) is 0 Å². The molecule has 2 unspecified atom stereocenters. The summed E-state index contributed by atoms with van der Waals surface area (Å²) in [7, 11) is 0. The smallest absolute Gasteiger partial charge is 0.0270 e. The molecule has 0 aliphatic carbocycles. The lowest BCUT2D eigenvalue weighted by Crippen LogP contribution is -2.13. The maximum absolute atomic E-state index is 4.07. The molecule has 2 rings (SSSR count). The highest BCUT2D eigenvalue weighted by Gasteiger charge is 2.13. The molecule has 0 saturated carbocycles. The third-order valence-electron chi connectivity index (χ3n) is 3.68. The van der Waals surface area contributed by atoms with E-state index in [0.29, 0.717) is 11.8 Å². The predicted molar refractivity (Wildman–Crippen MR) is 76.4 cm³/mol. The van der Waals surface area contributed by atoms with Crippen LogP contribution in [0.1, 0.15) is 25.0 Å². The molecule has 0 aliphatic heterocycles. The molecule has 0 amide bonds. The van der Waals surface area contributed by atoms with E-state index in [1.165, 1.54) is 11.1 Å². The molecule has 1 heteroatoms. The molecule has 1 heterocycles. The van der Waals surface area contributed by atoms with Gasteiger partial charge in [0.05, 0.1) is 0 Å². The zero-order valence-corrected chi connectivity index (χ0v) is 11.2. The van der Waals surface area contributed by atoms with Crippen molar-refractivity contribution in [1.29, 1.82) is 0 Å². The van der Waals surface area contributed by atoms with Gasteiger partial charge >= 0.3 is 0 Å². The first kappa shape index (κ1) is 12.8. The number of benzene rings is 1. The summed E-state index contributed by atoms with van der Waals surface area (Å²) in [5, 5.41) is 0. The van der Waals surface area contributed by atoms with Gasteiger partial charge in [-0.05, 0) is 47.9 Å². The molecule has 0 bridgehead atoms. The van der Waals surface area contributed by atoms with Crippen LogP contribution in [0.15, 0.2) is 54.9 Å². The molecule has 1 aromatic carbocycles. The van der Waals surface area contributed by atoms with E-state index in [1.807, 2.05) is 12.4 Å². The van der Waals surface area contributed by atoms with Crippen molar-refractivity contribution in [2.45, 2.75) is 26.7 Å². The quantitative estimate of drug-likeness (QED) is 0.764. The highest BCUT2D eigenvalue weighted by Crippen LogP contribution is 2.20. The van der Waals surface area contributed by atoms with Gasteiger partial charge in [0.15, 0.2) is 0 Å². The molecule has 94 valence electrons. The maximum Gasteiger partial charge on any atom is 0.0270 e. The van der Waals surface area contributed by atoms with Crippen LogP contribution in [-0.4, -0.2) is 4.98 Å². The van der Waals surface area contributed by atoms with Crippen LogP contribution in [0.4, 0.5) is 0 Å². The van der Waals surface area contributed by atoms with Crippen LogP contribution in [0, 0.1) is 11.8 Å². The van der Waals surface area contributed by atoms with Gasteiger partial charge in [-0.15, -0.1) is 0 Å². The van der Waals surface area contributed by atoms with Crippen molar-refractivity contribution in [2.75, 3.05) is 0 Å². The van der Waals surface area contributed by atoms with E-state index in [-0.39, 0.29) is 0 Å². The average molecular weight is 239 g/mol. The third kappa shape index (κ3) is 3.69. The maximum atomic E-state index is 4.07. The fourth-order valence-electron chi connectivity index (χ4n) is 2.28. The molecule has 0 radical (unpaired) electrons. The number of rotatable bonds is 5. The fraction of sp³-hybridized carbons (Fsp3) is 0.353. The Balaban J connectivity index is 1.91. The van der Waals surface area contributed by atoms with E-state index in [1.54, 1.807) is 0 Å². The molecule has 0 spiro atoms. The molecule has 0 N–H and O–H groups in total. The molecule has 0 aliphatic rings. The van der Waals surface area contributed by atoms with Gasteiger partial charge in [-0.2, -0.15) is 0 Å². The monoisotopic (exact) mass is 239 g/mol. The summed E-state index contributed by atoms with van der Waals surface area (Å²) in [6.07, 6.45) is 6.05. The zero-order valence-electron chi connectivity index (χ0n) is 11.2. The summed E-state index contributed by atoms with van der Waals surface area (Å²) in [5.41, 5.74) is 2.82. The van der Waals surface area contributed by atoms with E-state index >= 15 is 0 Å². The number of pyridine rings is 1. The molecule has 0 saturated heterocycles. The van der Waals surface area contributed by atoms with Gasteiger partial charge in [0.25, 0.3) is 0 Å². The number of nitrogens with zero attached hydrogens (tertiary/aromatic N) is 1. The summed E-state index contributed by atoms with van der Waals surface area (Å²) in [6.45, 7) is 4.69. The number of hydrogen-bond acceptors (Lipinski definition) is 1. The minimum Gasteiger partial charge on any atom is -0.265 e. The highest BCUT2D eigenvalue weighted by atomic mass is 14.6. The average Bonchev–Trinajstić information content (AvgIpc) is 2.41. The van der Waals surface area contributed by atoms with Crippen molar-refractivity contribution in [1.82, 2.24) is 4.98 Å². The lowest BCUT2D eigenvalue weighted by molar-refractivity contribution is 0.383. The van der Waals surface area contributed by atoms with E-state index in [2.05, 4.69) is 61.3 Å². The number of aromatic nitrogens is 1. The molecule has 0 fully saturated rings. The predicted octanol–water partition coefficient (Wildman–Crippen LogP) is 4.14. The Bertz CT molecular complexity index is 404. The standard InChI is InChI=1S/C17H21N/c1-14(12-16-6-4-3-5-7-16)15(2)13-17-8-10-18-11-9-17/h3-11,14-15H,12-13H2,1-2H3. The summed E-state index contributed by atoms with van der Waals surface area (Å²) in [5.74, 6) is 1.38. The van der Waals surface area contributed by atoms with E-state index in [0.717, 1.165) is 12.8 Å². The van der Waals surface area contributed by atoms with E-state index in [9.17, 15) is 0 Å². The number of hydrogen-bond donors (Lipinski definition) is 0. The second kappa shape index (κ2) is 6.34. The van der Waals surface area contributed by atoms with Gasteiger partial charge in [-0.1, -0.05) is 44.2 Å². The molecular formula is C17H21N. The molecule has 18 heavy (non-hydrogen) atoms. The van der Waals surface area contributed by atoms with Crippen LogP contribution < -0.4 is 0 Å². The Morgan fingerprint density at radius 1 is 0.778 bits per heavy atom. The van der Waals surface area contributed by atoms with Gasteiger partial charge < -0.3 is 0 Å². The minimum atomic E-state index is 0.688. The fourth-order valence-corrected chi connectivity index (χ4v) is 2.28. The van der Waals surface area contributed by atoms with Gasteiger partial charge in [-0.25, -0.2) is 0 Å². The Kier molecular flexibility index (Phi) is 4.52. The van der Waals surface area contributed by atoms with Crippen LogP contribution >= 0.6 is 0 Å². The van der Waals surface area contributed by atoms with Crippen molar-refractivity contribution >= 4 is 0 Å². The SMILES string of the molecule is CC(Cc1ccccc1)C(C)Cc1ccncc1. The normalized spacial score (nSPS) is 14.1. The van der Waals surface area contributed by atoms with Crippen LogP contribution in [0.5, 0.6) is 0 Å². The molecule has 1 nitrogen and oxygen atoms in total. The zero-order chi connectivity index (χ0) is 12.8. The first-order valence-corrected chi connectivity index (χ1v) is 6.68. The molecular weight excluding hydrogens is 218 g/mol. The van der Waals surface area contributed by atoms with Crippen molar-refractivity contribution in [2.24, 2.45) is 11.8 Å². The topological polar surface area (TPSA) is 12.9 Å². The third-order valence-corrected chi connectivity index (χ3v) is 3.68. The molecule has 2 atom stereocenters. The van der Waals surface area contributed by atoms with Crippen molar-refractivity contribution in [3.8, 4) is 0 Å². The van der Waals surface area contributed by atoms with Gasteiger partial charge in [0.2, 0.25) is 0 Å². The van der Waals surface area contributed by atoms with Crippen molar-refractivity contribution in [3.05, 3.63) is 66.0 Å². The van der Waals surface area contributed by atoms with Crippen LogP contribution in [0.25, 0.3) is 0 Å². The molecule has 2 aromatic rings. The Hall–Kier alpha value is -1.63. The lowest BCUT2D eigenvalue weighted by atomic mass is 9.86. The van der Waals surface area contributed by atoms with E-state index < -0.39 is 0 Å². The first-order chi connectivity index (χ1) is 8.75. The Morgan fingerprint density at radius 3 is 1.83 bits per heavy atom. The van der Waals surface area contributed by atoms with Crippen LogP contribution in [-0.2, 0) is 12.8 Å². The minimum absolute atomic E-state index is 0.688. The van der Waals surface area contributed by atoms with Gasteiger partial charge in [0, 0.05) is 12.4 Å². The van der Waals surface area contributed by atoms with Crippen molar-refractivity contribution < 1.29 is 0 Å². The lowest BCUT2D eigenvalue weighted by Gasteiger charge is -2.20. The first-order valence-electron chi connectivity index (χ1n) is 6.68. The summed E-state index contributed by atoms with van der Waals surface area (Å²) in [6, 6.07) is 15.0. The van der Waals surface area contributed by atoms with Crippen LogP contribution in [0.2, 0.25) is 0 Å². The highest BCUT2D eigenvalue weighted by molar-refractivity contribution is 5.16. The van der Waals surface area contributed by atoms with E-state index in [4.69, 9.17) is 0 Å². The van der Waals surface area contributed by atoms with Crippen LogP contribution in [0.3, 0.4) is 0 Å². The summed E-state index contributed by atoms with van der Waals surface area (Å²) < 4.78 is 0.